The van der Waals surface area contributed by atoms with Crippen LogP contribution < -0.4 is 10.2 Å². The summed E-state index contributed by atoms with van der Waals surface area (Å²) in [6.07, 6.45) is 12.4. The number of likely N-dealkylation sites (N-methyl/N-ethyl adjacent to an activating group) is 1. The van der Waals surface area contributed by atoms with Crippen LogP contribution in [0.2, 0.25) is 0 Å². The lowest BCUT2D eigenvalue weighted by Crippen LogP contribution is -2.60. The lowest BCUT2D eigenvalue weighted by atomic mass is 9.87. The summed E-state index contributed by atoms with van der Waals surface area (Å²) in [5, 5.41) is 13.8. The number of nitriles is 1. The molecule has 9 nitrogen and oxygen atoms in total. The maximum Gasteiger partial charge on any atom is 0.225 e. The van der Waals surface area contributed by atoms with Crippen LogP contribution in [-0.2, 0) is 14.3 Å². The zero-order chi connectivity index (χ0) is 29.2. The molecule has 3 fully saturated rings. The summed E-state index contributed by atoms with van der Waals surface area (Å²) in [5.41, 5.74) is 1.90. The molecule has 1 aliphatic carbocycles. The molecule has 0 spiro atoms. The lowest BCUT2D eigenvalue weighted by molar-refractivity contribution is -0.251. The Balaban J connectivity index is 1.12. The molecule has 2 unspecified atom stereocenters. The van der Waals surface area contributed by atoms with E-state index in [2.05, 4.69) is 44.2 Å². The largest absolute Gasteiger partial charge is 0.448 e. The Bertz CT molecular complexity index is 1350. The number of aromatic nitrogens is 1. The second-order valence-corrected chi connectivity index (χ2v) is 12.6. The van der Waals surface area contributed by atoms with Gasteiger partial charge >= 0.3 is 0 Å². The van der Waals surface area contributed by atoms with Crippen LogP contribution >= 0.6 is 23.2 Å². The Morgan fingerprint density at radius 3 is 2.55 bits per heavy atom. The van der Waals surface area contributed by atoms with Gasteiger partial charge in [0.2, 0.25) is 12.2 Å². The molecule has 5 heterocycles. The van der Waals surface area contributed by atoms with Crippen molar-refractivity contribution in [1.29, 1.82) is 5.26 Å². The fraction of sp³-hybridized carbons (Fsp3) is 0.516. The van der Waals surface area contributed by atoms with Gasteiger partial charge in [0, 0.05) is 60.3 Å². The number of rotatable bonds is 7. The molecule has 222 valence electrons. The minimum absolute atomic E-state index is 0.00803. The van der Waals surface area contributed by atoms with E-state index in [9.17, 15) is 4.79 Å². The molecule has 5 aliphatic rings. The van der Waals surface area contributed by atoms with Crippen LogP contribution in [0.3, 0.4) is 0 Å². The standard InChI is InChI=1S/C31H36Cl2N6O3/c1-37(27-19-41-31(27)42-29-9-7-24(33)16-36-29)26-18-39(17-25(26)21-3-5-23(32)6-4-21)30(40)22-10-12-38(13-11-22)28-8-2-20(14-34)15-35-28/h2-3,5,7-9,15,22,25-27,31,36H,4,6,10-13,16-19H2,1H3/t25-,26+,27?,31?/m0/s1. The number of allylic oxidation sites excluding steroid dienone is 5. The van der Waals surface area contributed by atoms with E-state index < -0.39 is 0 Å². The summed E-state index contributed by atoms with van der Waals surface area (Å²) in [4.78, 5) is 25.0. The van der Waals surface area contributed by atoms with Crippen molar-refractivity contribution in [3.63, 3.8) is 0 Å². The number of ether oxygens (including phenoxy) is 2. The van der Waals surface area contributed by atoms with E-state index in [0.717, 1.165) is 54.7 Å². The molecule has 1 amide bonds. The minimum atomic E-state index is -0.390. The zero-order valence-electron chi connectivity index (χ0n) is 23.7. The molecule has 4 atom stereocenters. The number of anilines is 1. The third kappa shape index (κ3) is 6.18. The van der Waals surface area contributed by atoms with Gasteiger partial charge < -0.3 is 24.6 Å². The first-order chi connectivity index (χ1) is 20.4. The van der Waals surface area contributed by atoms with Crippen LogP contribution in [0.15, 0.2) is 64.2 Å². The van der Waals surface area contributed by atoms with Crippen molar-refractivity contribution in [1.82, 2.24) is 20.1 Å². The molecular formula is C31H36Cl2N6O3. The van der Waals surface area contributed by atoms with Gasteiger partial charge in [0.25, 0.3) is 0 Å². The van der Waals surface area contributed by atoms with Crippen molar-refractivity contribution < 1.29 is 14.3 Å². The average molecular weight is 612 g/mol. The molecule has 42 heavy (non-hydrogen) atoms. The fourth-order valence-electron chi connectivity index (χ4n) is 6.52. The third-order valence-corrected chi connectivity index (χ3v) is 9.71. The molecule has 0 bridgehead atoms. The number of dihydropyridines is 1. The van der Waals surface area contributed by atoms with Crippen molar-refractivity contribution in [2.45, 2.75) is 44.1 Å². The minimum Gasteiger partial charge on any atom is -0.448 e. The Labute approximate surface area is 257 Å². The number of carbonyl (C=O) groups excluding carboxylic acids is 1. The average Bonchev–Trinajstić information content (AvgIpc) is 3.46. The predicted octanol–water partition coefficient (Wildman–Crippen LogP) is 4.08. The molecule has 4 aliphatic heterocycles. The van der Waals surface area contributed by atoms with Crippen LogP contribution in [0, 0.1) is 23.2 Å². The van der Waals surface area contributed by atoms with Gasteiger partial charge in [-0.1, -0.05) is 34.9 Å². The molecule has 1 N–H and O–H groups in total. The van der Waals surface area contributed by atoms with Gasteiger partial charge in [0.15, 0.2) is 5.88 Å². The fourth-order valence-corrected chi connectivity index (χ4v) is 6.81. The van der Waals surface area contributed by atoms with E-state index in [1.165, 1.54) is 5.57 Å². The first-order valence-corrected chi connectivity index (χ1v) is 15.4. The molecule has 3 saturated heterocycles. The summed E-state index contributed by atoms with van der Waals surface area (Å²) in [6.45, 7) is 4.04. The Hall–Kier alpha value is -3.03. The van der Waals surface area contributed by atoms with Crippen LogP contribution in [0.25, 0.3) is 0 Å². The summed E-state index contributed by atoms with van der Waals surface area (Å²) in [5.74, 6) is 1.96. The number of likely N-dealkylation sites (tertiary alicyclic amines) is 1. The van der Waals surface area contributed by atoms with Crippen LogP contribution in [-0.4, -0.2) is 85.4 Å². The highest BCUT2D eigenvalue weighted by Crippen LogP contribution is 2.37. The zero-order valence-corrected chi connectivity index (χ0v) is 25.2. The van der Waals surface area contributed by atoms with E-state index in [-0.39, 0.29) is 36.1 Å². The maximum atomic E-state index is 13.9. The number of pyridine rings is 1. The number of carbonyl (C=O) groups is 1. The number of halogens is 2. The van der Waals surface area contributed by atoms with Crippen LogP contribution in [0.1, 0.15) is 31.2 Å². The first-order valence-electron chi connectivity index (χ1n) is 14.6. The Morgan fingerprint density at radius 2 is 1.93 bits per heavy atom. The van der Waals surface area contributed by atoms with Gasteiger partial charge in [0.1, 0.15) is 11.9 Å². The Kier molecular flexibility index (Phi) is 8.77. The third-order valence-electron chi connectivity index (χ3n) is 9.13. The van der Waals surface area contributed by atoms with Gasteiger partial charge in [-0.2, -0.15) is 5.26 Å². The quantitative estimate of drug-likeness (QED) is 0.493. The monoisotopic (exact) mass is 610 g/mol. The highest BCUT2D eigenvalue weighted by Gasteiger charge is 2.47. The normalized spacial score (nSPS) is 28.2. The van der Waals surface area contributed by atoms with Crippen molar-refractivity contribution >= 4 is 34.9 Å². The molecule has 1 aromatic rings. The summed E-state index contributed by atoms with van der Waals surface area (Å²) in [6, 6.07) is 6.02. The SMILES string of the molecule is CN(C1COC1OC1=CC=C(Cl)CN1)[C@@H]1CN(C(=O)C2CCN(c3ccc(C#N)cn3)CC2)C[C@H]1C1=CC=C(Cl)CC1. The smallest absolute Gasteiger partial charge is 0.225 e. The summed E-state index contributed by atoms with van der Waals surface area (Å²) in [7, 11) is 2.13. The number of hydrogen-bond acceptors (Lipinski definition) is 8. The number of amides is 1. The number of nitrogens with zero attached hydrogens (tertiary/aromatic N) is 5. The molecule has 1 aromatic heterocycles. The number of piperidine rings is 1. The lowest BCUT2D eigenvalue weighted by Gasteiger charge is -2.45. The van der Waals surface area contributed by atoms with Gasteiger partial charge in [-0.3, -0.25) is 9.69 Å². The summed E-state index contributed by atoms with van der Waals surface area (Å²) >= 11 is 12.4. The van der Waals surface area contributed by atoms with Crippen molar-refractivity contribution in [2.24, 2.45) is 11.8 Å². The van der Waals surface area contributed by atoms with E-state index in [1.807, 2.05) is 24.3 Å². The topological polar surface area (TPSA) is 94.0 Å². The van der Waals surface area contributed by atoms with E-state index >= 15 is 0 Å². The Morgan fingerprint density at radius 1 is 1.12 bits per heavy atom. The second-order valence-electron chi connectivity index (χ2n) is 11.6. The molecule has 0 aromatic carbocycles. The van der Waals surface area contributed by atoms with E-state index in [1.54, 1.807) is 12.3 Å². The van der Waals surface area contributed by atoms with E-state index in [4.69, 9.17) is 37.9 Å². The van der Waals surface area contributed by atoms with Crippen molar-refractivity contribution in [2.75, 3.05) is 51.3 Å². The first kappa shape index (κ1) is 29.1. The van der Waals surface area contributed by atoms with Crippen LogP contribution in [0.4, 0.5) is 5.82 Å². The highest BCUT2D eigenvalue weighted by atomic mass is 35.5. The number of nitrogens with one attached hydrogen (secondary N) is 1. The summed E-state index contributed by atoms with van der Waals surface area (Å²) < 4.78 is 12.0. The van der Waals surface area contributed by atoms with Gasteiger partial charge in [-0.25, -0.2) is 4.98 Å². The maximum absolute atomic E-state index is 13.9. The van der Waals surface area contributed by atoms with Crippen molar-refractivity contribution in [3.8, 4) is 6.07 Å². The van der Waals surface area contributed by atoms with E-state index in [0.29, 0.717) is 37.7 Å². The van der Waals surface area contributed by atoms with Gasteiger partial charge in [0.05, 0.1) is 24.8 Å². The molecular weight excluding hydrogens is 575 g/mol. The van der Waals surface area contributed by atoms with Crippen molar-refractivity contribution in [3.05, 3.63) is 69.7 Å². The number of hydrogen-bond donors (Lipinski definition) is 1. The second kappa shape index (κ2) is 12.7. The molecule has 11 heteroatoms. The van der Waals surface area contributed by atoms with Gasteiger partial charge in [-0.05, 0) is 63.1 Å². The van der Waals surface area contributed by atoms with Crippen LogP contribution in [0.5, 0.6) is 0 Å². The molecule has 0 radical (unpaired) electrons. The molecule has 0 saturated carbocycles. The molecule has 6 rings (SSSR count). The highest BCUT2D eigenvalue weighted by molar-refractivity contribution is 6.30. The predicted molar refractivity (Wildman–Crippen MR) is 161 cm³/mol. The van der Waals surface area contributed by atoms with Gasteiger partial charge in [-0.15, -0.1) is 0 Å².